The van der Waals surface area contributed by atoms with E-state index in [1.165, 1.54) is 0 Å². The molecule has 71 valence electrons. The summed E-state index contributed by atoms with van der Waals surface area (Å²) in [7, 11) is 0. The van der Waals surface area contributed by atoms with Gasteiger partial charge in [0.15, 0.2) is 6.29 Å². The zero-order valence-electron chi connectivity index (χ0n) is 7.68. The Balaban J connectivity index is 2.53. The quantitative estimate of drug-likeness (QED) is 0.731. The number of benzene rings is 2. The lowest BCUT2D eigenvalue weighted by Crippen LogP contribution is -2.10. The standard InChI is InChI=1S/C12H11O2/c1-9(13)14-12-8-4-6-10-5-2-3-7-11(10)12/h2-9,13H,1H2. The third-order valence-corrected chi connectivity index (χ3v) is 2.01. The van der Waals surface area contributed by atoms with E-state index in [2.05, 4.69) is 6.92 Å². The normalized spacial score (nSPS) is 12.7. The minimum atomic E-state index is -1.03. The third kappa shape index (κ3) is 1.70. The summed E-state index contributed by atoms with van der Waals surface area (Å²) in [5.41, 5.74) is 0. The van der Waals surface area contributed by atoms with Crippen LogP contribution in [0.3, 0.4) is 0 Å². The summed E-state index contributed by atoms with van der Waals surface area (Å²) >= 11 is 0. The molecule has 0 aromatic heterocycles. The van der Waals surface area contributed by atoms with Crippen LogP contribution in [-0.2, 0) is 0 Å². The zero-order valence-corrected chi connectivity index (χ0v) is 7.68. The van der Waals surface area contributed by atoms with Crippen LogP contribution in [0, 0.1) is 6.92 Å². The van der Waals surface area contributed by atoms with E-state index in [1.807, 2.05) is 42.5 Å². The Hall–Kier alpha value is -1.54. The Morgan fingerprint density at radius 1 is 1.07 bits per heavy atom. The number of aliphatic hydroxyl groups excluding tert-OH is 1. The van der Waals surface area contributed by atoms with Crippen LogP contribution < -0.4 is 4.74 Å². The average Bonchev–Trinajstić information content (AvgIpc) is 2.18. The van der Waals surface area contributed by atoms with Gasteiger partial charge in [-0.15, -0.1) is 0 Å². The van der Waals surface area contributed by atoms with E-state index in [1.54, 1.807) is 0 Å². The van der Waals surface area contributed by atoms with Crippen molar-refractivity contribution in [2.75, 3.05) is 0 Å². The summed E-state index contributed by atoms with van der Waals surface area (Å²) in [4.78, 5) is 0. The first kappa shape index (κ1) is 9.03. The van der Waals surface area contributed by atoms with E-state index in [0.717, 1.165) is 10.8 Å². The second-order valence-corrected chi connectivity index (χ2v) is 3.05. The van der Waals surface area contributed by atoms with Crippen LogP contribution >= 0.6 is 0 Å². The van der Waals surface area contributed by atoms with Gasteiger partial charge in [-0.25, -0.2) is 0 Å². The van der Waals surface area contributed by atoms with Crippen molar-refractivity contribution >= 4 is 10.8 Å². The maximum Gasteiger partial charge on any atom is 0.197 e. The third-order valence-electron chi connectivity index (χ3n) is 2.01. The first-order chi connectivity index (χ1) is 6.77. The van der Waals surface area contributed by atoms with Gasteiger partial charge in [0.25, 0.3) is 0 Å². The zero-order chi connectivity index (χ0) is 9.97. The van der Waals surface area contributed by atoms with Crippen LogP contribution in [0.15, 0.2) is 42.5 Å². The first-order valence-electron chi connectivity index (χ1n) is 4.43. The molecular formula is C12H11O2. The van der Waals surface area contributed by atoms with Gasteiger partial charge in [-0.05, 0) is 11.5 Å². The van der Waals surface area contributed by atoms with Crippen molar-refractivity contribution in [1.82, 2.24) is 0 Å². The molecule has 2 heteroatoms. The molecule has 1 unspecified atom stereocenters. The minimum Gasteiger partial charge on any atom is -0.465 e. The topological polar surface area (TPSA) is 29.5 Å². The van der Waals surface area contributed by atoms with Gasteiger partial charge in [-0.3, -0.25) is 0 Å². The maximum atomic E-state index is 9.03. The number of hydrogen-bond donors (Lipinski definition) is 1. The fourth-order valence-corrected chi connectivity index (χ4v) is 1.45. The highest BCUT2D eigenvalue weighted by Gasteiger charge is 2.02. The van der Waals surface area contributed by atoms with Gasteiger partial charge in [0.2, 0.25) is 0 Å². The van der Waals surface area contributed by atoms with Gasteiger partial charge in [-0.1, -0.05) is 36.4 Å². The maximum absolute atomic E-state index is 9.03. The van der Waals surface area contributed by atoms with Crippen LogP contribution in [0.25, 0.3) is 10.8 Å². The molecule has 1 atom stereocenters. The summed E-state index contributed by atoms with van der Waals surface area (Å²) in [6, 6.07) is 13.6. The molecule has 0 saturated heterocycles. The second-order valence-electron chi connectivity index (χ2n) is 3.05. The summed E-state index contributed by atoms with van der Waals surface area (Å²) in [6.45, 7) is 3.37. The Labute approximate surface area is 82.8 Å². The van der Waals surface area contributed by atoms with E-state index in [-0.39, 0.29) is 0 Å². The van der Waals surface area contributed by atoms with E-state index in [4.69, 9.17) is 9.84 Å². The summed E-state index contributed by atoms with van der Waals surface area (Å²) < 4.78 is 5.17. The summed E-state index contributed by atoms with van der Waals surface area (Å²) in [5, 5.41) is 11.1. The Bertz CT molecular complexity index is 430. The Morgan fingerprint density at radius 3 is 2.57 bits per heavy atom. The molecule has 2 rings (SSSR count). The molecule has 0 heterocycles. The monoisotopic (exact) mass is 187 g/mol. The lowest BCUT2D eigenvalue weighted by molar-refractivity contribution is 0.0235. The highest BCUT2D eigenvalue weighted by atomic mass is 16.6. The van der Waals surface area contributed by atoms with Crippen LogP contribution in [0.5, 0.6) is 5.75 Å². The van der Waals surface area contributed by atoms with Gasteiger partial charge < -0.3 is 9.84 Å². The van der Waals surface area contributed by atoms with Gasteiger partial charge in [0.05, 0.1) is 0 Å². The van der Waals surface area contributed by atoms with Gasteiger partial charge >= 0.3 is 0 Å². The number of hydrogen-bond acceptors (Lipinski definition) is 2. The molecule has 0 saturated carbocycles. The Kier molecular flexibility index (Phi) is 2.37. The number of rotatable bonds is 2. The molecule has 2 nitrogen and oxygen atoms in total. The van der Waals surface area contributed by atoms with Crippen LogP contribution in [-0.4, -0.2) is 11.4 Å². The molecule has 0 aliphatic carbocycles. The van der Waals surface area contributed by atoms with Crippen molar-refractivity contribution in [1.29, 1.82) is 0 Å². The molecule has 0 bridgehead atoms. The average molecular weight is 187 g/mol. The molecule has 2 aromatic rings. The van der Waals surface area contributed by atoms with E-state index in [0.29, 0.717) is 5.75 Å². The predicted molar refractivity (Wildman–Crippen MR) is 55.9 cm³/mol. The summed E-state index contributed by atoms with van der Waals surface area (Å²) in [6.07, 6.45) is -1.03. The molecule has 1 N–H and O–H groups in total. The highest BCUT2D eigenvalue weighted by molar-refractivity contribution is 5.88. The molecule has 0 spiro atoms. The van der Waals surface area contributed by atoms with Crippen molar-refractivity contribution < 1.29 is 9.84 Å². The molecule has 0 aliphatic rings. The van der Waals surface area contributed by atoms with Crippen molar-refractivity contribution in [3.8, 4) is 5.75 Å². The van der Waals surface area contributed by atoms with Crippen LogP contribution in [0.1, 0.15) is 0 Å². The van der Waals surface area contributed by atoms with Crippen LogP contribution in [0.4, 0.5) is 0 Å². The van der Waals surface area contributed by atoms with E-state index < -0.39 is 6.29 Å². The molecule has 0 aliphatic heterocycles. The predicted octanol–water partition coefficient (Wildman–Crippen LogP) is 2.37. The number of fused-ring (bicyclic) bond motifs is 1. The van der Waals surface area contributed by atoms with Crippen molar-refractivity contribution in [3.05, 3.63) is 49.4 Å². The fourth-order valence-electron chi connectivity index (χ4n) is 1.45. The molecule has 14 heavy (non-hydrogen) atoms. The van der Waals surface area contributed by atoms with Crippen molar-refractivity contribution in [2.24, 2.45) is 0 Å². The first-order valence-corrected chi connectivity index (χ1v) is 4.43. The van der Waals surface area contributed by atoms with Gasteiger partial charge in [0.1, 0.15) is 5.75 Å². The lowest BCUT2D eigenvalue weighted by atomic mass is 10.1. The number of ether oxygens (including phenoxy) is 1. The smallest absolute Gasteiger partial charge is 0.197 e. The van der Waals surface area contributed by atoms with Gasteiger partial charge in [0, 0.05) is 12.3 Å². The van der Waals surface area contributed by atoms with Crippen LogP contribution in [0.2, 0.25) is 0 Å². The minimum absolute atomic E-state index is 0.658. The lowest BCUT2D eigenvalue weighted by Gasteiger charge is -2.10. The Morgan fingerprint density at radius 2 is 1.79 bits per heavy atom. The van der Waals surface area contributed by atoms with Gasteiger partial charge in [-0.2, -0.15) is 0 Å². The molecule has 1 radical (unpaired) electrons. The van der Waals surface area contributed by atoms with E-state index >= 15 is 0 Å². The highest BCUT2D eigenvalue weighted by Crippen LogP contribution is 2.25. The molecule has 0 fully saturated rings. The molecule has 2 aromatic carbocycles. The molecular weight excluding hydrogens is 176 g/mol. The summed E-state index contributed by atoms with van der Waals surface area (Å²) in [5.74, 6) is 0.658. The second kappa shape index (κ2) is 3.68. The van der Waals surface area contributed by atoms with Crippen molar-refractivity contribution in [3.63, 3.8) is 0 Å². The van der Waals surface area contributed by atoms with E-state index in [9.17, 15) is 0 Å². The SMILES string of the molecule is [CH2]C(O)Oc1cccc2ccccc12. The number of aliphatic hydroxyl groups is 1. The largest absolute Gasteiger partial charge is 0.465 e. The van der Waals surface area contributed by atoms with Crippen molar-refractivity contribution in [2.45, 2.75) is 6.29 Å². The molecule has 0 amide bonds. The fraction of sp³-hybridized carbons (Fsp3) is 0.0833.